The molecule has 0 spiro atoms. The number of primary amides is 1. The number of aryl methyl sites for hydroxylation is 2. The van der Waals surface area contributed by atoms with Crippen molar-refractivity contribution in [1.82, 2.24) is 4.98 Å². The quantitative estimate of drug-likeness (QED) is 0.881. The highest BCUT2D eigenvalue weighted by Crippen LogP contribution is 2.21. The molecule has 0 bridgehead atoms. The van der Waals surface area contributed by atoms with Gasteiger partial charge in [0.15, 0.2) is 0 Å². The van der Waals surface area contributed by atoms with Crippen molar-refractivity contribution in [3.8, 4) is 0 Å². The summed E-state index contributed by atoms with van der Waals surface area (Å²) in [6.45, 7) is 3.95. The number of hydrogen-bond donors (Lipinski definition) is 2. The molecule has 4 heteroatoms. The molecule has 0 aliphatic carbocycles. The Balaban J connectivity index is 2.29. The fourth-order valence-electron chi connectivity index (χ4n) is 1.90. The summed E-state index contributed by atoms with van der Waals surface area (Å²) in [4.78, 5) is 15.7. The number of nitrogens with two attached hydrogens (primary N) is 1. The lowest BCUT2D eigenvalue weighted by molar-refractivity contribution is -0.118. The average molecular weight is 255 g/mol. The average Bonchev–Trinajstić information content (AvgIpc) is 2.39. The summed E-state index contributed by atoms with van der Waals surface area (Å²) in [6.07, 6.45) is 3.37. The van der Waals surface area contributed by atoms with Gasteiger partial charge in [0, 0.05) is 23.6 Å². The minimum Gasteiger partial charge on any atom is -0.370 e. The number of anilines is 1. The number of hydrogen-bond acceptors (Lipinski definition) is 3. The fraction of sp³-hybridized carbons (Fsp3) is 0.200. The molecule has 1 aromatic heterocycles. The third kappa shape index (κ3) is 3.10. The standard InChI is InChI=1S/C15H17N3O/c1-10-3-5-12(6-4-10)18-14(15(16)19)13-9-17-8-7-11(13)2/h3-9,14,18H,1-2H3,(H2,16,19). The van der Waals surface area contributed by atoms with E-state index in [2.05, 4.69) is 10.3 Å². The Bertz CT molecular complexity index is 578. The summed E-state index contributed by atoms with van der Waals surface area (Å²) >= 11 is 0. The lowest BCUT2D eigenvalue weighted by Crippen LogP contribution is -2.28. The molecule has 0 saturated carbocycles. The van der Waals surface area contributed by atoms with Crippen molar-refractivity contribution >= 4 is 11.6 Å². The highest BCUT2D eigenvalue weighted by Gasteiger charge is 2.19. The molecule has 3 N–H and O–H groups in total. The Morgan fingerprint density at radius 1 is 1.21 bits per heavy atom. The van der Waals surface area contributed by atoms with Gasteiger partial charge in [-0.3, -0.25) is 9.78 Å². The number of rotatable bonds is 4. The molecule has 1 amide bonds. The molecule has 4 nitrogen and oxygen atoms in total. The topological polar surface area (TPSA) is 68.0 Å². The van der Waals surface area contributed by atoms with Crippen LogP contribution in [0.3, 0.4) is 0 Å². The van der Waals surface area contributed by atoms with Crippen molar-refractivity contribution in [2.45, 2.75) is 19.9 Å². The summed E-state index contributed by atoms with van der Waals surface area (Å²) in [5.41, 5.74) is 9.30. The largest absolute Gasteiger partial charge is 0.370 e. The monoisotopic (exact) mass is 255 g/mol. The van der Waals surface area contributed by atoms with Crippen LogP contribution in [0.2, 0.25) is 0 Å². The van der Waals surface area contributed by atoms with E-state index in [0.29, 0.717) is 0 Å². The zero-order chi connectivity index (χ0) is 13.8. The molecule has 0 aliphatic heterocycles. The molecule has 0 radical (unpaired) electrons. The van der Waals surface area contributed by atoms with E-state index in [0.717, 1.165) is 16.8 Å². The normalized spacial score (nSPS) is 11.9. The Hall–Kier alpha value is -2.36. The van der Waals surface area contributed by atoms with Crippen molar-refractivity contribution in [3.05, 3.63) is 59.4 Å². The van der Waals surface area contributed by atoms with E-state index < -0.39 is 11.9 Å². The minimum atomic E-state index is -0.573. The Morgan fingerprint density at radius 3 is 2.47 bits per heavy atom. The first-order valence-corrected chi connectivity index (χ1v) is 6.11. The van der Waals surface area contributed by atoms with Gasteiger partial charge in [-0.05, 0) is 37.6 Å². The molecular weight excluding hydrogens is 238 g/mol. The second-order valence-corrected chi connectivity index (χ2v) is 4.58. The summed E-state index contributed by atoms with van der Waals surface area (Å²) in [5, 5.41) is 3.15. The molecule has 2 aromatic rings. The molecule has 0 fully saturated rings. The van der Waals surface area contributed by atoms with Crippen LogP contribution in [0.4, 0.5) is 5.69 Å². The zero-order valence-electron chi connectivity index (χ0n) is 11.1. The number of nitrogens with one attached hydrogen (secondary N) is 1. The van der Waals surface area contributed by atoms with Crippen LogP contribution in [0.25, 0.3) is 0 Å². The number of amides is 1. The Kier molecular flexibility index (Phi) is 3.80. The third-order valence-corrected chi connectivity index (χ3v) is 3.04. The van der Waals surface area contributed by atoms with Crippen LogP contribution in [-0.2, 0) is 4.79 Å². The zero-order valence-corrected chi connectivity index (χ0v) is 11.1. The highest BCUT2D eigenvalue weighted by molar-refractivity contribution is 5.84. The van der Waals surface area contributed by atoms with Gasteiger partial charge in [0.2, 0.25) is 5.91 Å². The molecule has 1 atom stereocenters. The van der Waals surface area contributed by atoms with Gasteiger partial charge in [-0.1, -0.05) is 17.7 Å². The summed E-state index contributed by atoms with van der Waals surface area (Å²) in [5.74, 6) is -0.420. The molecule has 1 unspecified atom stereocenters. The van der Waals surface area contributed by atoms with Crippen molar-refractivity contribution in [2.75, 3.05) is 5.32 Å². The number of carbonyl (C=O) groups excluding carboxylic acids is 1. The van der Waals surface area contributed by atoms with E-state index in [4.69, 9.17) is 5.73 Å². The van der Waals surface area contributed by atoms with Crippen molar-refractivity contribution in [2.24, 2.45) is 5.73 Å². The van der Waals surface area contributed by atoms with Crippen molar-refractivity contribution in [3.63, 3.8) is 0 Å². The summed E-state index contributed by atoms with van der Waals surface area (Å²) in [7, 11) is 0. The molecule has 98 valence electrons. The van der Waals surface area contributed by atoms with Crippen LogP contribution in [0, 0.1) is 13.8 Å². The first kappa shape index (κ1) is 13.1. The molecule has 19 heavy (non-hydrogen) atoms. The Morgan fingerprint density at radius 2 is 1.89 bits per heavy atom. The molecule has 0 aliphatic rings. The van der Waals surface area contributed by atoms with Crippen molar-refractivity contribution < 1.29 is 4.79 Å². The number of carbonyl (C=O) groups is 1. The molecule has 1 heterocycles. The Labute approximate surface area is 112 Å². The van der Waals surface area contributed by atoms with Gasteiger partial charge >= 0.3 is 0 Å². The van der Waals surface area contributed by atoms with E-state index in [1.165, 1.54) is 5.56 Å². The van der Waals surface area contributed by atoms with Gasteiger partial charge < -0.3 is 11.1 Å². The van der Waals surface area contributed by atoms with Crippen LogP contribution in [0.1, 0.15) is 22.7 Å². The van der Waals surface area contributed by atoms with Crippen LogP contribution in [0.5, 0.6) is 0 Å². The van der Waals surface area contributed by atoms with E-state index in [1.807, 2.05) is 44.2 Å². The fourth-order valence-corrected chi connectivity index (χ4v) is 1.90. The molecular formula is C15H17N3O. The van der Waals surface area contributed by atoms with Gasteiger partial charge in [0.25, 0.3) is 0 Å². The van der Waals surface area contributed by atoms with Gasteiger partial charge in [-0.15, -0.1) is 0 Å². The molecule has 0 saturated heterocycles. The SMILES string of the molecule is Cc1ccc(NC(C(N)=O)c2cnccc2C)cc1. The van der Waals surface area contributed by atoms with E-state index in [-0.39, 0.29) is 0 Å². The van der Waals surface area contributed by atoms with E-state index in [1.54, 1.807) is 12.4 Å². The maximum atomic E-state index is 11.7. The first-order valence-electron chi connectivity index (χ1n) is 6.11. The highest BCUT2D eigenvalue weighted by atomic mass is 16.1. The van der Waals surface area contributed by atoms with E-state index in [9.17, 15) is 4.79 Å². The molecule has 1 aromatic carbocycles. The predicted molar refractivity (Wildman–Crippen MR) is 75.7 cm³/mol. The van der Waals surface area contributed by atoms with Crippen LogP contribution in [-0.4, -0.2) is 10.9 Å². The number of aromatic nitrogens is 1. The second kappa shape index (κ2) is 5.52. The summed E-state index contributed by atoms with van der Waals surface area (Å²) < 4.78 is 0. The first-order chi connectivity index (χ1) is 9.08. The van der Waals surface area contributed by atoms with Crippen LogP contribution in [0.15, 0.2) is 42.7 Å². The maximum absolute atomic E-state index is 11.7. The number of benzene rings is 1. The lowest BCUT2D eigenvalue weighted by atomic mass is 10.0. The second-order valence-electron chi connectivity index (χ2n) is 4.58. The smallest absolute Gasteiger partial charge is 0.244 e. The van der Waals surface area contributed by atoms with Crippen LogP contribution >= 0.6 is 0 Å². The third-order valence-electron chi connectivity index (χ3n) is 3.04. The van der Waals surface area contributed by atoms with Gasteiger partial charge in [-0.2, -0.15) is 0 Å². The number of nitrogens with zero attached hydrogens (tertiary/aromatic N) is 1. The predicted octanol–water partition coefficient (Wildman–Crippen LogP) is 2.34. The maximum Gasteiger partial charge on any atom is 0.244 e. The van der Waals surface area contributed by atoms with Crippen molar-refractivity contribution in [1.29, 1.82) is 0 Å². The summed E-state index contributed by atoms with van der Waals surface area (Å²) in [6, 6.07) is 9.11. The lowest BCUT2D eigenvalue weighted by Gasteiger charge is -2.18. The van der Waals surface area contributed by atoms with Crippen LogP contribution < -0.4 is 11.1 Å². The minimum absolute atomic E-state index is 0.420. The number of pyridine rings is 1. The molecule has 2 rings (SSSR count). The van der Waals surface area contributed by atoms with Gasteiger partial charge in [0.05, 0.1) is 0 Å². The van der Waals surface area contributed by atoms with E-state index >= 15 is 0 Å². The van der Waals surface area contributed by atoms with Gasteiger partial charge in [0.1, 0.15) is 6.04 Å². The van der Waals surface area contributed by atoms with Gasteiger partial charge in [-0.25, -0.2) is 0 Å².